The number of carbonyl (C=O) groups is 2. The summed E-state index contributed by atoms with van der Waals surface area (Å²) in [7, 11) is 1.73. The second kappa shape index (κ2) is 6.73. The van der Waals surface area contributed by atoms with Crippen molar-refractivity contribution in [3.8, 4) is 0 Å². The first-order valence-electron chi connectivity index (χ1n) is 6.68. The minimum atomic E-state index is -1.19. The molecule has 1 aliphatic rings. The molecule has 0 radical (unpaired) electrons. The predicted molar refractivity (Wildman–Crippen MR) is 68.8 cm³/mol. The lowest BCUT2D eigenvalue weighted by Crippen LogP contribution is -2.52. The summed E-state index contributed by atoms with van der Waals surface area (Å²) >= 11 is 0. The van der Waals surface area contributed by atoms with Crippen LogP contribution in [0.2, 0.25) is 0 Å². The van der Waals surface area contributed by atoms with Gasteiger partial charge >= 0.3 is 5.97 Å². The molecule has 0 aromatic rings. The zero-order chi connectivity index (χ0) is 13.7. The monoisotopic (exact) mass is 256 g/mol. The SMILES string of the molecule is CCOC(=O)C(N)C(=O)N(C)C1CCCCC1C. The Morgan fingerprint density at radius 3 is 2.56 bits per heavy atom. The third-order valence-electron chi connectivity index (χ3n) is 3.72. The maximum Gasteiger partial charge on any atom is 0.332 e. The van der Waals surface area contributed by atoms with Crippen LogP contribution < -0.4 is 5.73 Å². The van der Waals surface area contributed by atoms with Gasteiger partial charge in [0.05, 0.1) is 6.61 Å². The molecule has 5 nitrogen and oxygen atoms in total. The first-order chi connectivity index (χ1) is 8.49. The minimum absolute atomic E-state index is 0.187. The van der Waals surface area contributed by atoms with Crippen LogP contribution in [0.25, 0.3) is 0 Å². The van der Waals surface area contributed by atoms with E-state index < -0.39 is 12.0 Å². The summed E-state index contributed by atoms with van der Waals surface area (Å²) in [6.07, 6.45) is 4.45. The Hall–Kier alpha value is -1.10. The van der Waals surface area contributed by atoms with Gasteiger partial charge in [0.2, 0.25) is 0 Å². The molecule has 5 heteroatoms. The maximum absolute atomic E-state index is 12.1. The molecule has 0 aromatic heterocycles. The molecule has 2 N–H and O–H groups in total. The average Bonchev–Trinajstić information content (AvgIpc) is 2.37. The number of nitrogens with two attached hydrogens (primary N) is 1. The molecule has 0 saturated heterocycles. The number of likely N-dealkylation sites (N-methyl/N-ethyl adjacent to an activating group) is 1. The van der Waals surface area contributed by atoms with Crippen LogP contribution in [0.3, 0.4) is 0 Å². The molecule has 0 spiro atoms. The fraction of sp³-hybridized carbons (Fsp3) is 0.846. The topological polar surface area (TPSA) is 72.6 Å². The molecule has 18 heavy (non-hydrogen) atoms. The lowest BCUT2D eigenvalue weighted by Gasteiger charge is -2.37. The molecule has 1 saturated carbocycles. The summed E-state index contributed by atoms with van der Waals surface area (Å²) in [5.41, 5.74) is 5.63. The molecule has 3 atom stereocenters. The van der Waals surface area contributed by atoms with Crippen LogP contribution in [-0.4, -0.2) is 42.5 Å². The number of rotatable bonds is 4. The molecule has 0 bridgehead atoms. The van der Waals surface area contributed by atoms with Gasteiger partial charge in [0.15, 0.2) is 6.04 Å². The minimum Gasteiger partial charge on any atom is -0.464 e. The Kier molecular flexibility index (Phi) is 5.59. The van der Waals surface area contributed by atoms with Crippen LogP contribution in [0.1, 0.15) is 39.5 Å². The van der Waals surface area contributed by atoms with E-state index in [-0.39, 0.29) is 18.6 Å². The van der Waals surface area contributed by atoms with Gasteiger partial charge in [-0.2, -0.15) is 0 Å². The maximum atomic E-state index is 12.1. The van der Waals surface area contributed by atoms with E-state index in [1.165, 1.54) is 6.42 Å². The highest BCUT2D eigenvalue weighted by molar-refractivity contribution is 6.01. The van der Waals surface area contributed by atoms with E-state index >= 15 is 0 Å². The van der Waals surface area contributed by atoms with Crippen molar-refractivity contribution in [3.63, 3.8) is 0 Å². The van der Waals surface area contributed by atoms with Crippen molar-refractivity contribution in [2.45, 2.75) is 51.6 Å². The largest absolute Gasteiger partial charge is 0.464 e. The van der Waals surface area contributed by atoms with E-state index in [0.717, 1.165) is 19.3 Å². The predicted octanol–water partition coefficient (Wildman–Crippen LogP) is 0.914. The standard InChI is InChI=1S/C13H24N2O3/c1-4-18-13(17)11(14)12(16)15(3)10-8-6-5-7-9(10)2/h9-11H,4-8,14H2,1-3H3. The Morgan fingerprint density at radius 1 is 1.39 bits per heavy atom. The first kappa shape index (κ1) is 15.0. The summed E-state index contributed by atoms with van der Waals surface area (Å²) in [6, 6.07) is -1.00. The number of esters is 1. The highest BCUT2D eigenvalue weighted by Crippen LogP contribution is 2.27. The number of carbonyl (C=O) groups excluding carboxylic acids is 2. The second-order valence-electron chi connectivity index (χ2n) is 5.01. The van der Waals surface area contributed by atoms with Gasteiger partial charge in [-0.3, -0.25) is 4.79 Å². The van der Waals surface area contributed by atoms with Crippen LogP contribution in [0.15, 0.2) is 0 Å². The molecule has 1 fully saturated rings. The summed E-state index contributed by atoms with van der Waals surface area (Å²) < 4.78 is 4.78. The van der Waals surface area contributed by atoms with Crippen molar-refractivity contribution >= 4 is 11.9 Å². The van der Waals surface area contributed by atoms with Crippen LogP contribution in [0, 0.1) is 5.92 Å². The van der Waals surface area contributed by atoms with Crippen LogP contribution in [-0.2, 0) is 14.3 Å². The van der Waals surface area contributed by atoms with Gasteiger partial charge in [0.1, 0.15) is 0 Å². The fourth-order valence-electron chi connectivity index (χ4n) is 2.59. The number of nitrogens with zero attached hydrogens (tertiary/aromatic N) is 1. The van der Waals surface area contributed by atoms with E-state index in [9.17, 15) is 9.59 Å². The molecule has 1 rings (SSSR count). The number of ether oxygens (including phenoxy) is 1. The molecular formula is C13H24N2O3. The van der Waals surface area contributed by atoms with E-state index in [2.05, 4.69) is 6.92 Å². The number of hydrogen-bond donors (Lipinski definition) is 1. The normalized spacial score (nSPS) is 25.3. The van der Waals surface area contributed by atoms with Gasteiger partial charge in [-0.1, -0.05) is 19.8 Å². The Morgan fingerprint density at radius 2 is 2.00 bits per heavy atom. The Balaban J connectivity index is 2.61. The van der Waals surface area contributed by atoms with Gasteiger partial charge in [0, 0.05) is 13.1 Å². The smallest absolute Gasteiger partial charge is 0.332 e. The summed E-state index contributed by atoms with van der Waals surface area (Å²) in [6.45, 7) is 4.08. The molecule has 3 unspecified atom stereocenters. The zero-order valence-corrected chi connectivity index (χ0v) is 11.5. The van der Waals surface area contributed by atoms with Crippen LogP contribution >= 0.6 is 0 Å². The third kappa shape index (κ3) is 3.45. The van der Waals surface area contributed by atoms with E-state index in [4.69, 9.17) is 10.5 Å². The lowest BCUT2D eigenvalue weighted by molar-refractivity contribution is -0.151. The van der Waals surface area contributed by atoms with Crippen molar-refractivity contribution < 1.29 is 14.3 Å². The van der Waals surface area contributed by atoms with Crippen molar-refractivity contribution in [2.24, 2.45) is 11.7 Å². The summed E-state index contributed by atoms with van der Waals surface area (Å²) in [5, 5.41) is 0. The van der Waals surface area contributed by atoms with E-state index in [1.54, 1.807) is 18.9 Å². The highest BCUT2D eigenvalue weighted by atomic mass is 16.5. The molecule has 0 aromatic carbocycles. The average molecular weight is 256 g/mol. The van der Waals surface area contributed by atoms with Crippen LogP contribution in [0.4, 0.5) is 0 Å². The van der Waals surface area contributed by atoms with E-state index in [0.29, 0.717) is 5.92 Å². The number of hydrogen-bond acceptors (Lipinski definition) is 4. The quantitative estimate of drug-likeness (QED) is 0.599. The zero-order valence-electron chi connectivity index (χ0n) is 11.5. The lowest BCUT2D eigenvalue weighted by atomic mass is 9.85. The van der Waals surface area contributed by atoms with Gasteiger partial charge < -0.3 is 15.4 Å². The molecule has 0 heterocycles. The summed E-state index contributed by atoms with van der Waals surface area (Å²) in [5.74, 6) is -0.521. The van der Waals surface area contributed by atoms with Crippen molar-refractivity contribution in [1.82, 2.24) is 4.90 Å². The molecule has 1 amide bonds. The Labute approximate surface area is 109 Å². The first-order valence-corrected chi connectivity index (χ1v) is 6.68. The summed E-state index contributed by atoms with van der Waals surface area (Å²) in [4.78, 5) is 25.2. The third-order valence-corrected chi connectivity index (χ3v) is 3.72. The Bertz CT molecular complexity index is 307. The molecule has 104 valence electrons. The van der Waals surface area contributed by atoms with Gasteiger partial charge in [-0.25, -0.2) is 4.79 Å². The van der Waals surface area contributed by atoms with Gasteiger partial charge in [0.25, 0.3) is 5.91 Å². The second-order valence-corrected chi connectivity index (χ2v) is 5.01. The van der Waals surface area contributed by atoms with E-state index in [1.807, 2.05) is 0 Å². The van der Waals surface area contributed by atoms with Crippen molar-refractivity contribution in [1.29, 1.82) is 0 Å². The molecular weight excluding hydrogens is 232 g/mol. The highest BCUT2D eigenvalue weighted by Gasteiger charge is 2.33. The molecule has 0 aliphatic heterocycles. The van der Waals surface area contributed by atoms with Crippen molar-refractivity contribution in [3.05, 3.63) is 0 Å². The van der Waals surface area contributed by atoms with Gasteiger partial charge in [-0.15, -0.1) is 0 Å². The van der Waals surface area contributed by atoms with Crippen molar-refractivity contribution in [2.75, 3.05) is 13.7 Å². The van der Waals surface area contributed by atoms with Crippen LogP contribution in [0.5, 0.6) is 0 Å². The molecule has 1 aliphatic carbocycles. The number of amides is 1. The fourth-order valence-corrected chi connectivity index (χ4v) is 2.59. The van der Waals surface area contributed by atoms with Gasteiger partial charge in [-0.05, 0) is 25.7 Å².